The van der Waals surface area contributed by atoms with Gasteiger partial charge in [0.2, 0.25) is 5.91 Å². The van der Waals surface area contributed by atoms with Gasteiger partial charge >= 0.3 is 5.97 Å². The van der Waals surface area contributed by atoms with Gasteiger partial charge in [-0.25, -0.2) is 0 Å². The van der Waals surface area contributed by atoms with E-state index >= 15 is 0 Å². The fraction of sp³-hybridized carbons (Fsp3) is 0.333. The van der Waals surface area contributed by atoms with Gasteiger partial charge < -0.3 is 10.0 Å². The number of likely N-dealkylation sites (tertiary alicyclic amines) is 1. The molecule has 5 heteroatoms. The minimum absolute atomic E-state index is 0.0117. The topological polar surface area (TPSA) is 57.6 Å². The lowest BCUT2D eigenvalue weighted by molar-refractivity contribution is -0.148. The zero-order valence-corrected chi connectivity index (χ0v) is 13.8. The van der Waals surface area contributed by atoms with E-state index in [0.717, 1.165) is 16.0 Å². The molecule has 120 valence electrons. The fourth-order valence-corrected chi connectivity index (χ4v) is 4.30. The van der Waals surface area contributed by atoms with Crippen LogP contribution in [0.3, 0.4) is 0 Å². The second-order valence-electron chi connectivity index (χ2n) is 5.92. The highest BCUT2D eigenvalue weighted by atomic mass is 32.1. The average Bonchev–Trinajstić information content (AvgIpc) is 3.05. The SMILES string of the molecule is CC(=O)N1CCC(C(=O)O)(c2ccsc2-c2ccccc2)CC1. The van der Waals surface area contributed by atoms with E-state index in [4.69, 9.17) is 0 Å². The first-order valence-electron chi connectivity index (χ1n) is 7.67. The Morgan fingerprint density at radius 3 is 2.35 bits per heavy atom. The fourth-order valence-electron chi connectivity index (χ4n) is 3.30. The first-order valence-corrected chi connectivity index (χ1v) is 8.55. The van der Waals surface area contributed by atoms with E-state index in [0.29, 0.717) is 25.9 Å². The maximum absolute atomic E-state index is 12.1. The molecule has 1 saturated heterocycles. The summed E-state index contributed by atoms with van der Waals surface area (Å²) in [6.07, 6.45) is 0.914. The van der Waals surface area contributed by atoms with Crippen molar-refractivity contribution in [3.8, 4) is 10.4 Å². The Bertz CT molecular complexity index is 715. The van der Waals surface area contributed by atoms with Crippen molar-refractivity contribution < 1.29 is 14.7 Å². The van der Waals surface area contributed by atoms with E-state index in [2.05, 4.69) is 0 Å². The van der Waals surface area contributed by atoms with Crippen LogP contribution in [0.4, 0.5) is 0 Å². The number of rotatable bonds is 3. The minimum atomic E-state index is -0.906. The number of carboxylic acid groups (broad SMARTS) is 1. The average molecular weight is 329 g/mol. The van der Waals surface area contributed by atoms with Crippen LogP contribution >= 0.6 is 11.3 Å². The minimum Gasteiger partial charge on any atom is -0.481 e. The number of carbonyl (C=O) groups excluding carboxylic acids is 1. The Hall–Kier alpha value is -2.14. The Morgan fingerprint density at radius 1 is 1.13 bits per heavy atom. The van der Waals surface area contributed by atoms with Gasteiger partial charge in [-0.3, -0.25) is 9.59 Å². The van der Waals surface area contributed by atoms with Crippen LogP contribution in [0.15, 0.2) is 41.8 Å². The summed E-state index contributed by atoms with van der Waals surface area (Å²) in [5.74, 6) is -0.783. The monoisotopic (exact) mass is 329 g/mol. The van der Waals surface area contributed by atoms with Crippen LogP contribution < -0.4 is 0 Å². The standard InChI is InChI=1S/C18H19NO3S/c1-13(20)19-10-8-18(9-11-19,17(21)22)15-7-12-23-16(15)14-5-3-2-4-6-14/h2-7,12H,8-11H2,1H3,(H,21,22). The van der Waals surface area contributed by atoms with Gasteiger partial charge in [0.15, 0.2) is 0 Å². The highest BCUT2D eigenvalue weighted by Crippen LogP contribution is 2.43. The van der Waals surface area contributed by atoms with Crippen LogP contribution in [0.25, 0.3) is 10.4 Å². The molecule has 2 aromatic rings. The van der Waals surface area contributed by atoms with Gasteiger partial charge in [-0.05, 0) is 35.4 Å². The molecule has 0 atom stereocenters. The van der Waals surface area contributed by atoms with Crippen LogP contribution in [0.2, 0.25) is 0 Å². The Labute approximate surface area is 139 Å². The van der Waals surface area contributed by atoms with Crippen LogP contribution in [0.1, 0.15) is 25.3 Å². The largest absolute Gasteiger partial charge is 0.481 e. The van der Waals surface area contributed by atoms with E-state index in [1.54, 1.807) is 16.2 Å². The second kappa shape index (κ2) is 6.16. The first-order chi connectivity index (χ1) is 11.0. The number of benzene rings is 1. The van der Waals surface area contributed by atoms with E-state index in [1.165, 1.54) is 6.92 Å². The number of hydrogen-bond acceptors (Lipinski definition) is 3. The van der Waals surface area contributed by atoms with Gasteiger partial charge in [-0.2, -0.15) is 0 Å². The molecule has 0 saturated carbocycles. The molecule has 0 radical (unpaired) electrons. The van der Waals surface area contributed by atoms with E-state index in [1.807, 2.05) is 41.8 Å². The molecule has 1 amide bonds. The van der Waals surface area contributed by atoms with Crippen molar-refractivity contribution in [2.24, 2.45) is 0 Å². The molecule has 1 aromatic carbocycles. The lowest BCUT2D eigenvalue weighted by Gasteiger charge is -2.39. The highest BCUT2D eigenvalue weighted by molar-refractivity contribution is 7.13. The molecule has 1 aliphatic rings. The molecule has 1 fully saturated rings. The zero-order chi connectivity index (χ0) is 16.4. The molecule has 1 aromatic heterocycles. The summed E-state index contributed by atoms with van der Waals surface area (Å²) < 4.78 is 0. The summed E-state index contributed by atoms with van der Waals surface area (Å²) in [6, 6.07) is 11.8. The van der Waals surface area contributed by atoms with Crippen molar-refractivity contribution in [3.63, 3.8) is 0 Å². The van der Waals surface area contributed by atoms with Crippen molar-refractivity contribution in [1.29, 1.82) is 0 Å². The number of carboxylic acids is 1. The highest BCUT2D eigenvalue weighted by Gasteiger charge is 2.45. The number of nitrogens with zero attached hydrogens (tertiary/aromatic N) is 1. The number of piperidine rings is 1. The van der Waals surface area contributed by atoms with Gasteiger partial charge in [-0.15, -0.1) is 11.3 Å². The molecule has 1 N–H and O–H groups in total. The van der Waals surface area contributed by atoms with Crippen LogP contribution in [-0.4, -0.2) is 35.0 Å². The van der Waals surface area contributed by atoms with Gasteiger partial charge in [0.05, 0.1) is 5.41 Å². The van der Waals surface area contributed by atoms with Gasteiger partial charge in [-0.1, -0.05) is 30.3 Å². The normalized spacial score (nSPS) is 17.0. The molecule has 0 bridgehead atoms. The summed E-state index contributed by atoms with van der Waals surface area (Å²) in [4.78, 5) is 26.4. The molecule has 4 nitrogen and oxygen atoms in total. The molecule has 0 spiro atoms. The van der Waals surface area contributed by atoms with E-state index in [9.17, 15) is 14.7 Å². The number of aliphatic carboxylic acids is 1. The van der Waals surface area contributed by atoms with Crippen molar-refractivity contribution in [3.05, 3.63) is 47.3 Å². The first kappa shape index (κ1) is 15.7. The summed E-state index contributed by atoms with van der Waals surface area (Å²) in [5.41, 5.74) is 1.02. The number of carbonyl (C=O) groups is 2. The lowest BCUT2D eigenvalue weighted by atomic mass is 9.72. The third-order valence-corrected chi connectivity index (χ3v) is 5.65. The van der Waals surface area contributed by atoms with Gasteiger partial charge in [0.1, 0.15) is 0 Å². The summed E-state index contributed by atoms with van der Waals surface area (Å²) in [6.45, 7) is 2.52. The molecule has 1 aliphatic heterocycles. The van der Waals surface area contributed by atoms with Gasteiger partial charge in [0.25, 0.3) is 0 Å². The summed E-state index contributed by atoms with van der Waals surface area (Å²) in [7, 11) is 0. The van der Waals surface area contributed by atoms with Crippen molar-refractivity contribution in [1.82, 2.24) is 4.90 Å². The van der Waals surface area contributed by atoms with Crippen molar-refractivity contribution in [2.45, 2.75) is 25.2 Å². The van der Waals surface area contributed by atoms with Crippen molar-refractivity contribution >= 4 is 23.2 Å². The molecular weight excluding hydrogens is 310 g/mol. The maximum atomic E-state index is 12.1. The third-order valence-electron chi connectivity index (χ3n) is 4.69. The number of thiophene rings is 1. The number of hydrogen-bond donors (Lipinski definition) is 1. The lowest BCUT2D eigenvalue weighted by Crippen LogP contribution is -2.48. The van der Waals surface area contributed by atoms with E-state index < -0.39 is 11.4 Å². The summed E-state index contributed by atoms with van der Waals surface area (Å²) in [5, 5.41) is 11.9. The molecule has 3 rings (SSSR count). The van der Waals surface area contributed by atoms with Crippen molar-refractivity contribution in [2.75, 3.05) is 13.1 Å². The molecule has 23 heavy (non-hydrogen) atoms. The Balaban J connectivity index is 2.00. The van der Waals surface area contributed by atoms with Gasteiger partial charge in [0, 0.05) is 24.9 Å². The molecular formula is C18H19NO3S. The van der Waals surface area contributed by atoms with Crippen LogP contribution in [0, 0.1) is 0 Å². The third kappa shape index (κ3) is 2.77. The predicted molar refractivity (Wildman–Crippen MR) is 90.6 cm³/mol. The Morgan fingerprint density at radius 2 is 1.78 bits per heavy atom. The maximum Gasteiger partial charge on any atom is 0.314 e. The van der Waals surface area contributed by atoms with Crippen LogP contribution in [0.5, 0.6) is 0 Å². The molecule has 2 heterocycles. The Kier molecular flexibility index (Phi) is 4.22. The predicted octanol–water partition coefficient (Wildman–Crippen LogP) is 3.38. The summed E-state index contributed by atoms with van der Waals surface area (Å²) >= 11 is 1.58. The second-order valence-corrected chi connectivity index (χ2v) is 6.84. The zero-order valence-electron chi connectivity index (χ0n) is 13.0. The molecule has 0 aliphatic carbocycles. The smallest absolute Gasteiger partial charge is 0.314 e. The molecule has 0 unspecified atom stereocenters. The van der Waals surface area contributed by atoms with Crippen LogP contribution in [-0.2, 0) is 15.0 Å². The quantitative estimate of drug-likeness (QED) is 0.939. The number of amides is 1. The van der Waals surface area contributed by atoms with E-state index in [-0.39, 0.29) is 5.91 Å².